The molecule has 6 nitrogen and oxygen atoms in total. The third-order valence-electron chi connectivity index (χ3n) is 3.74. The zero-order valence-corrected chi connectivity index (χ0v) is 13.7. The molecule has 0 unspecified atom stereocenters. The summed E-state index contributed by atoms with van der Waals surface area (Å²) in [5.74, 6) is -1.58. The molecule has 6 heteroatoms. The van der Waals surface area contributed by atoms with Crippen molar-refractivity contribution in [3.05, 3.63) is 95.3 Å². The third-order valence-corrected chi connectivity index (χ3v) is 3.74. The highest BCUT2D eigenvalue weighted by Gasteiger charge is 2.20. The van der Waals surface area contributed by atoms with Gasteiger partial charge in [0, 0.05) is 11.8 Å². The Hall–Kier alpha value is -3.80. The van der Waals surface area contributed by atoms with Gasteiger partial charge < -0.3 is 11.1 Å². The van der Waals surface area contributed by atoms with E-state index in [2.05, 4.69) is 10.3 Å². The van der Waals surface area contributed by atoms with Crippen LogP contribution in [0.15, 0.2) is 72.9 Å². The van der Waals surface area contributed by atoms with Gasteiger partial charge in [-0.1, -0.05) is 42.5 Å². The van der Waals surface area contributed by atoms with Crippen LogP contribution in [0.1, 0.15) is 36.8 Å². The first-order valence-corrected chi connectivity index (χ1v) is 7.83. The quantitative estimate of drug-likeness (QED) is 0.694. The van der Waals surface area contributed by atoms with Crippen LogP contribution in [-0.4, -0.2) is 22.6 Å². The number of hydrogen-bond acceptors (Lipinski definition) is 4. The summed E-state index contributed by atoms with van der Waals surface area (Å²) in [6.07, 6.45) is 1.43. The Balaban J connectivity index is 1.95. The van der Waals surface area contributed by atoms with Crippen LogP contribution in [0.2, 0.25) is 0 Å². The summed E-state index contributed by atoms with van der Waals surface area (Å²) in [6, 6.07) is 18.1. The van der Waals surface area contributed by atoms with E-state index >= 15 is 0 Å². The predicted octanol–water partition coefficient (Wildman–Crippen LogP) is 2.66. The van der Waals surface area contributed by atoms with Gasteiger partial charge >= 0.3 is 0 Å². The van der Waals surface area contributed by atoms with Crippen LogP contribution in [0.5, 0.6) is 0 Å². The molecule has 0 radical (unpaired) electrons. The Bertz CT molecular complexity index is 984. The average Bonchev–Trinajstić information content (AvgIpc) is 2.68. The maximum absolute atomic E-state index is 12.7. The lowest BCUT2D eigenvalue weighted by Gasteiger charge is -2.11. The second-order valence-corrected chi connectivity index (χ2v) is 5.46. The van der Waals surface area contributed by atoms with Crippen molar-refractivity contribution in [1.29, 1.82) is 0 Å². The number of nitrogens with two attached hydrogens (primary N) is 1. The number of pyridine rings is 1. The van der Waals surface area contributed by atoms with Crippen LogP contribution >= 0.6 is 0 Å². The number of carbonyl (C=O) groups is 3. The maximum Gasteiger partial charge on any atom is 0.275 e. The molecular weight excluding hydrogens is 330 g/mol. The number of para-hydroxylation sites is 1. The van der Waals surface area contributed by atoms with E-state index in [4.69, 9.17) is 5.73 Å². The van der Waals surface area contributed by atoms with Gasteiger partial charge in [-0.3, -0.25) is 19.4 Å². The molecule has 26 heavy (non-hydrogen) atoms. The molecule has 2 aromatic carbocycles. The lowest BCUT2D eigenvalue weighted by Crippen LogP contribution is -2.21. The fourth-order valence-corrected chi connectivity index (χ4v) is 2.50. The van der Waals surface area contributed by atoms with E-state index in [0.717, 1.165) is 0 Å². The lowest BCUT2D eigenvalue weighted by atomic mass is 10.0. The highest BCUT2D eigenvalue weighted by atomic mass is 16.2. The van der Waals surface area contributed by atoms with Crippen LogP contribution in [0.4, 0.5) is 5.69 Å². The van der Waals surface area contributed by atoms with E-state index in [0.29, 0.717) is 5.56 Å². The van der Waals surface area contributed by atoms with E-state index in [1.54, 1.807) is 54.6 Å². The Labute approximate surface area is 149 Å². The van der Waals surface area contributed by atoms with Gasteiger partial charge in [0.1, 0.15) is 5.69 Å². The van der Waals surface area contributed by atoms with Crippen molar-refractivity contribution in [3.63, 3.8) is 0 Å². The summed E-state index contributed by atoms with van der Waals surface area (Å²) in [7, 11) is 0. The first kappa shape index (κ1) is 17.0. The topological polar surface area (TPSA) is 102 Å². The zero-order chi connectivity index (χ0) is 18.5. The summed E-state index contributed by atoms with van der Waals surface area (Å²) >= 11 is 0. The first-order chi connectivity index (χ1) is 12.6. The maximum atomic E-state index is 12.7. The standard InChI is InChI=1S/C20H15N3O3/c21-19(25)14-9-4-5-11-16(14)23-20(26)17-15(10-6-12-22-17)18(24)13-7-2-1-3-8-13/h1-12H,(H2,21,25)(H,23,26). The van der Waals surface area contributed by atoms with Gasteiger partial charge in [0.15, 0.2) is 5.78 Å². The molecule has 0 atom stereocenters. The van der Waals surface area contributed by atoms with Crippen LogP contribution in [0.3, 0.4) is 0 Å². The van der Waals surface area contributed by atoms with E-state index in [9.17, 15) is 14.4 Å². The van der Waals surface area contributed by atoms with Crippen LogP contribution in [0.25, 0.3) is 0 Å². The van der Waals surface area contributed by atoms with Crippen LogP contribution < -0.4 is 11.1 Å². The molecule has 0 aliphatic rings. The van der Waals surface area contributed by atoms with Gasteiger partial charge in [-0.2, -0.15) is 0 Å². The third kappa shape index (κ3) is 3.49. The number of aromatic nitrogens is 1. The normalized spacial score (nSPS) is 10.2. The largest absolute Gasteiger partial charge is 0.366 e. The molecule has 128 valence electrons. The number of ketones is 1. The first-order valence-electron chi connectivity index (χ1n) is 7.83. The number of hydrogen-bond donors (Lipinski definition) is 2. The Kier molecular flexibility index (Phi) is 4.85. The van der Waals surface area contributed by atoms with Gasteiger partial charge in [-0.15, -0.1) is 0 Å². The number of nitrogens with zero attached hydrogens (tertiary/aromatic N) is 1. The van der Waals surface area contributed by atoms with Crippen molar-refractivity contribution in [2.45, 2.75) is 0 Å². The second-order valence-electron chi connectivity index (χ2n) is 5.46. The summed E-state index contributed by atoms with van der Waals surface area (Å²) < 4.78 is 0. The number of nitrogens with one attached hydrogen (secondary N) is 1. The van der Waals surface area contributed by atoms with Crippen molar-refractivity contribution in [3.8, 4) is 0 Å². The molecule has 0 saturated carbocycles. The highest BCUT2D eigenvalue weighted by Crippen LogP contribution is 2.18. The molecule has 0 aliphatic carbocycles. The monoisotopic (exact) mass is 345 g/mol. The lowest BCUT2D eigenvalue weighted by molar-refractivity contribution is 0.0990. The molecule has 2 amide bonds. The van der Waals surface area contributed by atoms with E-state index in [1.807, 2.05) is 0 Å². The molecule has 1 aromatic heterocycles. The SMILES string of the molecule is NC(=O)c1ccccc1NC(=O)c1ncccc1C(=O)c1ccccc1. The smallest absolute Gasteiger partial charge is 0.275 e. The molecule has 3 aromatic rings. The summed E-state index contributed by atoms with van der Waals surface area (Å²) in [4.78, 5) is 40.9. The van der Waals surface area contributed by atoms with Crippen molar-refractivity contribution >= 4 is 23.3 Å². The van der Waals surface area contributed by atoms with Crippen LogP contribution in [0, 0.1) is 0 Å². The molecule has 3 rings (SSSR count). The van der Waals surface area contributed by atoms with Gasteiger partial charge in [0.25, 0.3) is 11.8 Å². The Morgan fingerprint density at radius 3 is 2.19 bits per heavy atom. The van der Waals surface area contributed by atoms with Crippen molar-refractivity contribution in [2.24, 2.45) is 5.73 Å². The van der Waals surface area contributed by atoms with Crippen molar-refractivity contribution in [1.82, 2.24) is 4.98 Å². The van der Waals surface area contributed by atoms with Crippen molar-refractivity contribution in [2.75, 3.05) is 5.32 Å². The highest BCUT2D eigenvalue weighted by molar-refractivity contribution is 6.17. The summed E-state index contributed by atoms with van der Waals surface area (Å²) in [5.41, 5.74) is 6.35. The van der Waals surface area contributed by atoms with Gasteiger partial charge in [-0.25, -0.2) is 0 Å². The molecule has 0 fully saturated rings. The second kappa shape index (κ2) is 7.40. The molecule has 0 aliphatic heterocycles. The minimum Gasteiger partial charge on any atom is -0.366 e. The number of amides is 2. The molecule has 1 heterocycles. The summed E-state index contributed by atoms with van der Waals surface area (Å²) in [5, 5.41) is 2.60. The number of carbonyl (C=O) groups excluding carboxylic acids is 3. The van der Waals surface area contributed by atoms with Gasteiger partial charge in [-0.05, 0) is 24.3 Å². The zero-order valence-electron chi connectivity index (χ0n) is 13.7. The molecule has 3 N–H and O–H groups in total. The van der Waals surface area contributed by atoms with E-state index < -0.39 is 11.8 Å². The minimum absolute atomic E-state index is 0.0272. The number of benzene rings is 2. The fourth-order valence-electron chi connectivity index (χ4n) is 2.50. The average molecular weight is 345 g/mol. The molecular formula is C20H15N3O3. The van der Waals surface area contributed by atoms with Crippen molar-refractivity contribution < 1.29 is 14.4 Å². The Morgan fingerprint density at radius 1 is 0.808 bits per heavy atom. The minimum atomic E-state index is -0.664. The summed E-state index contributed by atoms with van der Waals surface area (Å²) in [6.45, 7) is 0. The van der Waals surface area contributed by atoms with Crippen LogP contribution in [-0.2, 0) is 0 Å². The van der Waals surface area contributed by atoms with E-state index in [1.165, 1.54) is 18.3 Å². The van der Waals surface area contributed by atoms with Gasteiger partial charge in [0.2, 0.25) is 0 Å². The predicted molar refractivity (Wildman–Crippen MR) is 97.0 cm³/mol. The molecule has 0 saturated heterocycles. The van der Waals surface area contributed by atoms with E-state index in [-0.39, 0.29) is 28.3 Å². The molecule has 0 bridgehead atoms. The number of anilines is 1. The Morgan fingerprint density at radius 2 is 1.46 bits per heavy atom. The van der Waals surface area contributed by atoms with Gasteiger partial charge in [0.05, 0.1) is 16.8 Å². The number of primary amides is 1. The fraction of sp³-hybridized carbons (Fsp3) is 0. The number of rotatable bonds is 5. The molecule has 0 spiro atoms.